The summed E-state index contributed by atoms with van der Waals surface area (Å²) >= 11 is 0. The van der Waals surface area contributed by atoms with Gasteiger partial charge in [-0.05, 0) is 24.5 Å². The van der Waals surface area contributed by atoms with Crippen LogP contribution in [0.2, 0.25) is 0 Å². The van der Waals surface area contributed by atoms with Gasteiger partial charge in [-0.25, -0.2) is 9.50 Å². The molecule has 0 radical (unpaired) electrons. The van der Waals surface area contributed by atoms with E-state index in [4.69, 9.17) is 0 Å². The number of hydrogen-bond acceptors (Lipinski definition) is 2. The van der Waals surface area contributed by atoms with E-state index in [0.717, 1.165) is 17.8 Å². The standard InChI is InChI=1S/C12H13N3/c1-3-10(2)6-7-11-9-13-12-5-4-8-14-15(11)12/h4-5,8-10H,3H2,1-2H3. The summed E-state index contributed by atoms with van der Waals surface area (Å²) in [4.78, 5) is 4.22. The molecule has 1 atom stereocenters. The van der Waals surface area contributed by atoms with E-state index in [1.165, 1.54) is 0 Å². The van der Waals surface area contributed by atoms with Crippen LogP contribution in [0.1, 0.15) is 26.0 Å². The summed E-state index contributed by atoms with van der Waals surface area (Å²) < 4.78 is 1.76. The maximum Gasteiger partial charge on any atom is 0.154 e. The molecule has 0 aliphatic heterocycles. The second kappa shape index (κ2) is 4.14. The summed E-state index contributed by atoms with van der Waals surface area (Å²) in [6, 6.07) is 3.79. The molecule has 0 saturated carbocycles. The highest BCUT2D eigenvalue weighted by Gasteiger charge is 1.99. The highest BCUT2D eigenvalue weighted by molar-refractivity contribution is 5.42. The molecule has 0 aliphatic carbocycles. The lowest BCUT2D eigenvalue weighted by Crippen LogP contribution is -1.93. The zero-order valence-electron chi connectivity index (χ0n) is 8.94. The molecule has 0 aliphatic rings. The van der Waals surface area contributed by atoms with E-state index in [-0.39, 0.29) is 0 Å². The van der Waals surface area contributed by atoms with Crippen molar-refractivity contribution in [3.05, 3.63) is 30.2 Å². The minimum Gasteiger partial charge on any atom is -0.234 e. The number of aromatic nitrogens is 3. The minimum absolute atomic E-state index is 0.416. The van der Waals surface area contributed by atoms with E-state index in [1.807, 2.05) is 12.1 Å². The molecule has 0 fully saturated rings. The minimum atomic E-state index is 0.416. The Morgan fingerprint density at radius 1 is 1.53 bits per heavy atom. The van der Waals surface area contributed by atoms with Crippen molar-refractivity contribution in [2.24, 2.45) is 5.92 Å². The number of hydrogen-bond donors (Lipinski definition) is 0. The van der Waals surface area contributed by atoms with Crippen molar-refractivity contribution < 1.29 is 0 Å². The smallest absolute Gasteiger partial charge is 0.154 e. The van der Waals surface area contributed by atoms with Crippen molar-refractivity contribution in [1.29, 1.82) is 0 Å². The van der Waals surface area contributed by atoms with Crippen LogP contribution in [0.25, 0.3) is 5.65 Å². The van der Waals surface area contributed by atoms with Crippen molar-refractivity contribution in [1.82, 2.24) is 14.6 Å². The fourth-order valence-electron chi connectivity index (χ4n) is 1.21. The average molecular weight is 199 g/mol. The van der Waals surface area contributed by atoms with E-state index < -0.39 is 0 Å². The molecule has 1 unspecified atom stereocenters. The molecule has 2 aromatic rings. The summed E-state index contributed by atoms with van der Waals surface area (Å²) in [7, 11) is 0. The van der Waals surface area contributed by atoms with Gasteiger partial charge in [-0.3, -0.25) is 0 Å². The molecule has 76 valence electrons. The lowest BCUT2D eigenvalue weighted by atomic mass is 10.1. The summed E-state index contributed by atoms with van der Waals surface area (Å²) in [6.45, 7) is 4.25. The van der Waals surface area contributed by atoms with E-state index in [2.05, 4.69) is 35.8 Å². The molecule has 15 heavy (non-hydrogen) atoms. The molecular formula is C12H13N3. The van der Waals surface area contributed by atoms with Gasteiger partial charge in [0.25, 0.3) is 0 Å². The number of nitrogens with zero attached hydrogens (tertiary/aromatic N) is 3. The second-order valence-corrected chi connectivity index (χ2v) is 3.52. The van der Waals surface area contributed by atoms with E-state index in [1.54, 1.807) is 16.9 Å². The van der Waals surface area contributed by atoms with Crippen LogP contribution in [0.5, 0.6) is 0 Å². The third kappa shape index (κ3) is 1.99. The summed E-state index contributed by atoms with van der Waals surface area (Å²) in [5, 5.41) is 4.20. The van der Waals surface area contributed by atoms with Crippen LogP contribution in [-0.2, 0) is 0 Å². The van der Waals surface area contributed by atoms with Gasteiger partial charge >= 0.3 is 0 Å². The van der Waals surface area contributed by atoms with Crippen molar-refractivity contribution in [3.63, 3.8) is 0 Å². The summed E-state index contributed by atoms with van der Waals surface area (Å²) in [5.74, 6) is 6.70. The molecule has 0 N–H and O–H groups in total. The van der Waals surface area contributed by atoms with Gasteiger partial charge in [0, 0.05) is 12.1 Å². The highest BCUT2D eigenvalue weighted by Crippen LogP contribution is 2.03. The molecule has 0 spiro atoms. The van der Waals surface area contributed by atoms with Gasteiger partial charge in [-0.15, -0.1) is 0 Å². The van der Waals surface area contributed by atoms with Gasteiger partial charge in [0.15, 0.2) is 5.65 Å². The van der Waals surface area contributed by atoms with Crippen LogP contribution in [0.15, 0.2) is 24.5 Å². The zero-order valence-corrected chi connectivity index (χ0v) is 8.94. The Morgan fingerprint density at radius 2 is 2.40 bits per heavy atom. The van der Waals surface area contributed by atoms with Gasteiger partial charge in [-0.2, -0.15) is 5.10 Å². The largest absolute Gasteiger partial charge is 0.234 e. The van der Waals surface area contributed by atoms with Gasteiger partial charge in [-0.1, -0.05) is 19.8 Å². The van der Waals surface area contributed by atoms with Gasteiger partial charge in [0.1, 0.15) is 5.69 Å². The third-order valence-electron chi connectivity index (χ3n) is 2.34. The number of imidazole rings is 1. The molecule has 2 rings (SSSR count). The maximum atomic E-state index is 4.22. The molecule has 0 amide bonds. The van der Waals surface area contributed by atoms with Crippen LogP contribution in [0, 0.1) is 17.8 Å². The molecule has 0 bridgehead atoms. The van der Waals surface area contributed by atoms with Crippen LogP contribution < -0.4 is 0 Å². The Kier molecular flexibility index (Phi) is 2.68. The van der Waals surface area contributed by atoms with Crippen molar-refractivity contribution >= 4 is 5.65 Å². The first-order valence-electron chi connectivity index (χ1n) is 5.11. The quantitative estimate of drug-likeness (QED) is 0.658. The van der Waals surface area contributed by atoms with Gasteiger partial charge in [0.2, 0.25) is 0 Å². The Bertz CT molecular complexity index is 516. The molecule has 3 nitrogen and oxygen atoms in total. The SMILES string of the molecule is CCC(C)C#Cc1cnc2cccnn12. The second-order valence-electron chi connectivity index (χ2n) is 3.52. The molecule has 0 aromatic carbocycles. The lowest BCUT2D eigenvalue weighted by molar-refractivity contribution is 0.723. The Balaban J connectivity index is 2.39. The van der Waals surface area contributed by atoms with Gasteiger partial charge in [0.05, 0.1) is 6.20 Å². The van der Waals surface area contributed by atoms with Crippen molar-refractivity contribution in [2.45, 2.75) is 20.3 Å². The third-order valence-corrected chi connectivity index (χ3v) is 2.34. The summed E-state index contributed by atoms with van der Waals surface area (Å²) in [5.41, 5.74) is 1.69. The first-order chi connectivity index (χ1) is 7.31. The van der Waals surface area contributed by atoms with Crippen LogP contribution in [0.3, 0.4) is 0 Å². The van der Waals surface area contributed by atoms with Gasteiger partial charge < -0.3 is 0 Å². The fourth-order valence-corrected chi connectivity index (χ4v) is 1.21. The topological polar surface area (TPSA) is 30.2 Å². The number of rotatable bonds is 1. The maximum absolute atomic E-state index is 4.22. The predicted molar refractivity (Wildman–Crippen MR) is 59.3 cm³/mol. The van der Waals surface area contributed by atoms with E-state index in [9.17, 15) is 0 Å². The van der Waals surface area contributed by atoms with Crippen LogP contribution in [0.4, 0.5) is 0 Å². The van der Waals surface area contributed by atoms with Crippen LogP contribution >= 0.6 is 0 Å². The molecule has 3 heteroatoms. The molecule has 0 saturated heterocycles. The van der Waals surface area contributed by atoms with E-state index >= 15 is 0 Å². The molecule has 2 heterocycles. The summed E-state index contributed by atoms with van der Waals surface area (Å²) in [6.07, 6.45) is 4.57. The molecular weight excluding hydrogens is 186 g/mol. The number of fused-ring (bicyclic) bond motifs is 1. The molecule has 2 aromatic heterocycles. The lowest BCUT2D eigenvalue weighted by Gasteiger charge is -1.94. The van der Waals surface area contributed by atoms with E-state index in [0.29, 0.717) is 5.92 Å². The monoisotopic (exact) mass is 199 g/mol. The Morgan fingerprint density at radius 3 is 3.20 bits per heavy atom. The normalized spacial score (nSPS) is 12.1. The van der Waals surface area contributed by atoms with Crippen LogP contribution in [-0.4, -0.2) is 14.6 Å². The predicted octanol–water partition coefficient (Wildman–Crippen LogP) is 2.13. The Hall–Kier alpha value is -1.82. The van der Waals surface area contributed by atoms with Crippen molar-refractivity contribution in [2.75, 3.05) is 0 Å². The Labute approximate surface area is 89.1 Å². The van der Waals surface area contributed by atoms with Crippen molar-refractivity contribution in [3.8, 4) is 11.8 Å². The zero-order chi connectivity index (χ0) is 10.7. The first kappa shape index (κ1) is 9.72. The highest BCUT2D eigenvalue weighted by atomic mass is 15.2. The first-order valence-corrected chi connectivity index (χ1v) is 5.11. The average Bonchev–Trinajstić information content (AvgIpc) is 2.69. The fraction of sp³-hybridized carbons (Fsp3) is 0.333.